The van der Waals surface area contributed by atoms with Crippen LogP contribution >= 0.6 is 0 Å². The summed E-state index contributed by atoms with van der Waals surface area (Å²) < 4.78 is 1.49. The van der Waals surface area contributed by atoms with Gasteiger partial charge < -0.3 is 10.1 Å². The first-order chi connectivity index (χ1) is 9.63. The zero-order chi connectivity index (χ0) is 14.5. The van der Waals surface area contributed by atoms with Crippen LogP contribution in [-0.2, 0) is 6.42 Å². The highest BCUT2D eigenvalue weighted by Gasteiger charge is 2.28. The van der Waals surface area contributed by atoms with E-state index < -0.39 is 16.9 Å². The molecular formula is C10H13N7O3. The van der Waals surface area contributed by atoms with Gasteiger partial charge in [0.25, 0.3) is 0 Å². The lowest BCUT2D eigenvalue weighted by molar-refractivity contribution is -0.395. The molecule has 2 aromatic rings. The molecule has 20 heavy (non-hydrogen) atoms. The molecule has 0 aliphatic carbocycles. The molecule has 2 heterocycles. The molecule has 106 valence electrons. The maximum atomic E-state index is 12.0. The average Bonchev–Trinajstić information content (AvgIpc) is 3.07. The molecule has 0 aliphatic rings. The first-order valence-corrected chi connectivity index (χ1v) is 6.13. The van der Waals surface area contributed by atoms with Crippen molar-refractivity contribution in [3.05, 3.63) is 28.6 Å². The molecule has 2 rings (SSSR count). The highest BCUT2D eigenvalue weighted by molar-refractivity contribution is 5.78. The number of nitrogens with zero attached hydrogens (tertiary/aromatic N) is 7. The summed E-state index contributed by atoms with van der Waals surface area (Å²) in [5.74, 6) is -0.337. The minimum absolute atomic E-state index is 0.276. The molecule has 0 atom stereocenters. The Morgan fingerprint density at radius 3 is 2.85 bits per heavy atom. The van der Waals surface area contributed by atoms with Crippen LogP contribution in [0.1, 0.15) is 32.0 Å². The number of nitro groups is 1. The summed E-state index contributed by atoms with van der Waals surface area (Å²) in [5, 5.41) is 18.4. The molecule has 0 N–H and O–H groups in total. The van der Waals surface area contributed by atoms with Crippen LogP contribution in [0.4, 0.5) is 10.7 Å². The topological polar surface area (TPSA) is 122 Å². The van der Waals surface area contributed by atoms with E-state index in [0.29, 0.717) is 11.1 Å². The Balaban J connectivity index is 2.26. The molecule has 0 saturated carbocycles. The number of hydrogen-bond donors (Lipinski definition) is 0. The second kappa shape index (κ2) is 5.99. The van der Waals surface area contributed by atoms with Crippen LogP contribution in [0.25, 0.3) is 0 Å². The van der Waals surface area contributed by atoms with Gasteiger partial charge in [0.1, 0.15) is 12.7 Å². The van der Waals surface area contributed by atoms with E-state index in [9.17, 15) is 14.9 Å². The van der Waals surface area contributed by atoms with Crippen molar-refractivity contribution < 1.29 is 9.72 Å². The van der Waals surface area contributed by atoms with Gasteiger partial charge in [0.05, 0.1) is 0 Å². The van der Waals surface area contributed by atoms with Crippen LogP contribution in [0.15, 0.2) is 12.7 Å². The molecule has 0 saturated heterocycles. The van der Waals surface area contributed by atoms with E-state index in [2.05, 4.69) is 20.2 Å². The Morgan fingerprint density at radius 1 is 1.45 bits per heavy atom. The van der Waals surface area contributed by atoms with Gasteiger partial charge in [-0.05, 0) is 21.0 Å². The molecule has 0 amide bonds. The minimum Gasteiger partial charge on any atom is -0.390 e. The summed E-state index contributed by atoms with van der Waals surface area (Å²) >= 11 is 0. The van der Waals surface area contributed by atoms with Crippen molar-refractivity contribution in [2.45, 2.75) is 32.6 Å². The molecule has 10 heteroatoms. The average molecular weight is 279 g/mol. The summed E-state index contributed by atoms with van der Waals surface area (Å²) in [6, 6.07) is -0.788. The number of aromatic nitrogens is 6. The number of aryl methyl sites for hydroxylation is 1. The molecule has 0 unspecified atom stereocenters. The van der Waals surface area contributed by atoms with E-state index in [1.807, 2.05) is 6.92 Å². The van der Waals surface area contributed by atoms with Gasteiger partial charge in [-0.2, -0.15) is 4.68 Å². The second-order valence-corrected chi connectivity index (χ2v) is 4.08. The van der Waals surface area contributed by atoms with Crippen molar-refractivity contribution in [2.75, 3.05) is 0 Å². The van der Waals surface area contributed by atoms with E-state index in [-0.39, 0.29) is 5.82 Å². The Kier molecular flexibility index (Phi) is 4.13. The van der Waals surface area contributed by atoms with Gasteiger partial charge in [0.15, 0.2) is 0 Å². The van der Waals surface area contributed by atoms with E-state index in [1.54, 1.807) is 0 Å². The number of hydrogen-bond acceptors (Lipinski definition) is 7. The number of carbonyl (C=O) groups excluding carboxylic acids is 1. The van der Waals surface area contributed by atoms with Crippen LogP contribution in [0.3, 0.4) is 0 Å². The Morgan fingerprint density at radius 2 is 2.25 bits per heavy atom. The fourth-order valence-electron chi connectivity index (χ4n) is 1.63. The largest absolute Gasteiger partial charge is 0.465 e. The zero-order valence-corrected chi connectivity index (χ0v) is 10.8. The molecule has 0 aliphatic heterocycles. The summed E-state index contributed by atoms with van der Waals surface area (Å²) in [6.07, 6.45) is 5.59. The summed E-state index contributed by atoms with van der Waals surface area (Å²) in [5.41, 5.74) is 0. The number of carbonyl (C=O) groups is 1. The van der Waals surface area contributed by atoms with Gasteiger partial charge in [-0.25, -0.2) is 9.78 Å². The van der Waals surface area contributed by atoms with Crippen LogP contribution in [0.5, 0.6) is 0 Å². The quantitative estimate of drug-likeness (QED) is 0.455. The minimum atomic E-state index is -0.788. The molecule has 0 aromatic carbocycles. The van der Waals surface area contributed by atoms with Crippen molar-refractivity contribution in [3.8, 4) is 0 Å². The fourth-order valence-corrected chi connectivity index (χ4v) is 1.63. The highest BCUT2D eigenvalue weighted by Crippen LogP contribution is 2.11. The fraction of sp³-hybridized carbons (Fsp3) is 0.500. The zero-order valence-electron chi connectivity index (χ0n) is 10.8. The number of rotatable bonds is 5. The Labute approximate surface area is 113 Å². The third-order valence-electron chi connectivity index (χ3n) is 2.60. The maximum Gasteiger partial charge on any atom is 0.465 e. The molecule has 0 radical (unpaired) electrons. The lowest BCUT2D eigenvalue weighted by Gasteiger charge is -1.95. The maximum absolute atomic E-state index is 12.0. The van der Waals surface area contributed by atoms with E-state index in [4.69, 9.17) is 0 Å². The van der Waals surface area contributed by atoms with Gasteiger partial charge in [-0.1, -0.05) is 24.9 Å². The standard InChI is InChI=1S/C10H13N7O3/c1-2-3-4-5-8-13-9(17(19)20)16(14-8)10(18)15-7-11-6-12-15/h6-7H,2-5H2,1H3. The van der Waals surface area contributed by atoms with Crippen LogP contribution in [0, 0.1) is 10.1 Å². The molecule has 10 nitrogen and oxygen atoms in total. The van der Waals surface area contributed by atoms with E-state index in [1.165, 1.54) is 0 Å². The van der Waals surface area contributed by atoms with Crippen molar-refractivity contribution >= 4 is 12.0 Å². The third-order valence-corrected chi connectivity index (χ3v) is 2.60. The summed E-state index contributed by atoms with van der Waals surface area (Å²) in [7, 11) is 0. The van der Waals surface area contributed by atoms with Crippen molar-refractivity contribution in [3.63, 3.8) is 0 Å². The second-order valence-electron chi connectivity index (χ2n) is 4.08. The van der Waals surface area contributed by atoms with Crippen molar-refractivity contribution in [2.24, 2.45) is 0 Å². The lowest BCUT2D eigenvalue weighted by Crippen LogP contribution is -2.22. The SMILES string of the molecule is CCCCCc1nc([N+](=O)[O-])n(C(=O)n2cncn2)n1. The third kappa shape index (κ3) is 2.84. The highest BCUT2D eigenvalue weighted by atomic mass is 16.6. The molecule has 2 aromatic heterocycles. The lowest BCUT2D eigenvalue weighted by atomic mass is 10.2. The van der Waals surface area contributed by atoms with Gasteiger partial charge in [-0.3, -0.25) is 0 Å². The van der Waals surface area contributed by atoms with Crippen LogP contribution in [0.2, 0.25) is 0 Å². The van der Waals surface area contributed by atoms with Crippen LogP contribution < -0.4 is 0 Å². The monoisotopic (exact) mass is 279 g/mol. The Bertz CT molecular complexity index is 604. The summed E-state index contributed by atoms with van der Waals surface area (Å²) in [4.78, 5) is 29.6. The predicted molar refractivity (Wildman–Crippen MR) is 66.1 cm³/mol. The van der Waals surface area contributed by atoms with Crippen molar-refractivity contribution in [1.82, 2.24) is 29.5 Å². The van der Waals surface area contributed by atoms with Gasteiger partial charge >= 0.3 is 12.0 Å². The van der Waals surface area contributed by atoms with Gasteiger partial charge in [-0.15, -0.1) is 5.10 Å². The van der Waals surface area contributed by atoms with E-state index >= 15 is 0 Å². The predicted octanol–water partition coefficient (Wildman–Crippen LogP) is 1.03. The smallest absolute Gasteiger partial charge is 0.390 e. The van der Waals surface area contributed by atoms with Gasteiger partial charge in [0.2, 0.25) is 5.82 Å². The van der Waals surface area contributed by atoms with Crippen LogP contribution in [-0.4, -0.2) is 40.5 Å². The first-order valence-electron chi connectivity index (χ1n) is 6.13. The molecule has 0 spiro atoms. The summed E-state index contributed by atoms with van der Waals surface area (Å²) in [6.45, 7) is 2.04. The first kappa shape index (κ1) is 13.8. The van der Waals surface area contributed by atoms with Gasteiger partial charge in [0, 0.05) is 6.42 Å². The normalized spacial score (nSPS) is 10.7. The number of unbranched alkanes of at least 4 members (excludes halogenated alkanes) is 2. The molecule has 0 fully saturated rings. The molecular weight excluding hydrogens is 266 g/mol. The Hall–Kier alpha value is -2.65. The molecule has 0 bridgehead atoms. The van der Waals surface area contributed by atoms with Crippen molar-refractivity contribution in [1.29, 1.82) is 0 Å². The van der Waals surface area contributed by atoms with E-state index in [0.717, 1.165) is 36.6 Å².